The standard InChI is InChI=1S/C18H16N4O3/c1-24-11-3-4-12-14(6-11)25-9-13-16(12)17(13)22-18(23)21-15-5-2-10(7-19)8-20-15/h2-6,8,13,16-17H,9H2,1H3,(H2,20,21,22,23). The van der Waals surface area contributed by atoms with Crippen LogP contribution < -0.4 is 20.1 Å². The molecular weight excluding hydrogens is 320 g/mol. The molecule has 1 aromatic heterocycles. The minimum absolute atomic E-state index is 0.0352. The predicted octanol–water partition coefficient (Wildman–Crippen LogP) is 2.26. The summed E-state index contributed by atoms with van der Waals surface area (Å²) in [6.07, 6.45) is 1.42. The predicted molar refractivity (Wildman–Crippen MR) is 89.6 cm³/mol. The van der Waals surface area contributed by atoms with Gasteiger partial charge in [0.15, 0.2) is 0 Å². The van der Waals surface area contributed by atoms with E-state index in [0.717, 1.165) is 17.1 Å². The zero-order valence-electron chi connectivity index (χ0n) is 13.5. The quantitative estimate of drug-likeness (QED) is 0.896. The van der Waals surface area contributed by atoms with Crippen LogP contribution in [0.2, 0.25) is 0 Å². The summed E-state index contributed by atoms with van der Waals surface area (Å²) >= 11 is 0. The number of methoxy groups -OCH3 is 1. The number of fused-ring (bicyclic) bond motifs is 3. The molecule has 0 bridgehead atoms. The van der Waals surface area contributed by atoms with Gasteiger partial charge in [0, 0.05) is 35.7 Å². The second-order valence-corrected chi connectivity index (χ2v) is 6.07. The van der Waals surface area contributed by atoms with E-state index in [9.17, 15) is 4.79 Å². The van der Waals surface area contributed by atoms with Gasteiger partial charge >= 0.3 is 6.03 Å². The summed E-state index contributed by atoms with van der Waals surface area (Å²) in [5.74, 6) is 2.52. The van der Waals surface area contributed by atoms with Gasteiger partial charge in [0.05, 0.1) is 19.3 Å². The molecule has 2 aromatic rings. The molecule has 126 valence electrons. The van der Waals surface area contributed by atoms with Gasteiger partial charge < -0.3 is 14.8 Å². The molecule has 2 aliphatic rings. The summed E-state index contributed by atoms with van der Waals surface area (Å²) < 4.78 is 11.0. The van der Waals surface area contributed by atoms with Crippen molar-refractivity contribution in [3.63, 3.8) is 0 Å². The second-order valence-electron chi connectivity index (χ2n) is 6.07. The third-order valence-corrected chi connectivity index (χ3v) is 4.61. The maximum atomic E-state index is 12.2. The van der Waals surface area contributed by atoms with E-state index in [1.807, 2.05) is 24.3 Å². The van der Waals surface area contributed by atoms with Crippen molar-refractivity contribution in [1.82, 2.24) is 10.3 Å². The largest absolute Gasteiger partial charge is 0.497 e. The first-order valence-corrected chi connectivity index (χ1v) is 7.94. The molecule has 0 saturated heterocycles. The van der Waals surface area contributed by atoms with Gasteiger partial charge in [-0.3, -0.25) is 5.32 Å². The summed E-state index contributed by atoms with van der Waals surface area (Å²) in [6, 6.07) is 10.7. The molecule has 2 N–H and O–H groups in total. The highest BCUT2D eigenvalue weighted by atomic mass is 16.5. The fourth-order valence-corrected chi connectivity index (χ4v) is 3.27. The van der Waals surface area contributed by atoms with Crippen LogP contribution in [-0.4, -0.2) is 30.8 Å². The number of nitrogens with zero attached hydrogens (tertiary/aromatic N) is 2. The summed E-state index contributed by atoms with van der Waals surface area (Å²) in [4.78, 5) is 16.2. The van der Waals surface area contributed by atoms with E-state index in [1.54, 1.807) is 19.2 Å². The highest BCUT2D eigenvalue weighted by molar-refractivity contribution is 5.89. The molecule has 1 aromatic carbocycles. The SMILES string of the molecule is COc1ccc2c(c1)OCC1C(NC(=O)Nc3ccc(C#N)cn3)C21. The zero-order chi connectivity index (χ0) is 17.4. The Morgan fingerprint density at radius 1 is 1.40 bits per heavy atom. The van der Waals surface area contributed by atoms with Crippen LogP contribution in [0.5, 0.6) is 11.5 Å². The van der Waals surface area contributed by atoms with E-state index in [-0.39, 0.29) is 23.9 Å². The molecule has 0 spiro atoms. The number of pyridine rings is 1. The topological polar surface area (TPSA) is 96.3 Å². The van der Waals surface area contributed by atoms with Crippen molar-refractivity contribution in [1.29, 1.82) is 5.26 Å². The Morgan fingerprint density at radius 3 is 3.00 bits per heavy atom. The highest BCUT2D eigenvalue weighted by Crippen LogP contribution is 2.54. The Labute approximate surface area is 144 Å². The van der Waals surface area contributed by atoms with Crippen LogP contribution in [0, 0.1) is 17.2 Å². The van der Waals surface area contributed by atoms with Crippen LogP contribution in [0.15, 0.2) is 36.5 Å². The monoisotopic (exact) mass is 336 g/mol. The molecule has 2 heterocycles. The van der Waals surface area contributed by atoms with Gasteiger partial charge in [-0.1, -0.05) is 6.07 Å². The van der Waals surface area contributed by atoms with Crippen LogP contribution in [0.25, 0.3) is 0 Å². The first-order valence-electron chi connectivity index (χ1n) is 7.94. The van der Waals surface area contributed by atoms with Crippen LogP contribution in [0.1, 0.15) is 17.0 Å². The Hall–Kier alpha value is -3.27. The van der Waals surface area contributed by atoms with Gasteiger partial charge in [-0.25, -0.2) is 9.78 Å². The fourth-order valence-electron chi connectivity index (χ4n) is 3.27. The molecule has 25 heavy (non-hydrogen) atoms. The lowest BCUT2D eigenvalue weighted by atomic mass is 10.1. The molecule has 1 aliphatic carbocycles. The molecule has 7 heteroatoms. The number of hydrogen-bond donors (Lipinski definition) is 2. The molecule has 1 fully saturated rings. The number of ether oxygens (including phenoxy) is 2. The number of amides is 2. The smallest absolute Gasteiger partial charge is 0.320 e. The summed E-state index contributed by atoms with van der Waals surface area (Å²) in [5, 5.41) is 14.4. The van der Waals surface area contributed by atoms with Crippen LogP contribution in [0.4, 0.5) is 10.6 Å². The van der Waals surface area contributed by atoms with Crippen LogP contribution in [0.3, 0.4) is 0 Å². The number of aromatic nitrogens is 1. The number of anilines is 1. The highest BCUT2D eigenvalue weighted by Gasteiger charge is 2.55. The number of rotatable bonds is 3. The molecule has 3 atom stereocenters. The van der Waals surface area contributed by atoms with Gasteiger partial charge in [-0.15, -0.1) is 0 Å². The van der Waals surface area contributed by atoms with Gasteiger partial charge in [0.2, 0.25) is 0 Å². The van der Waals surface area contributed by atoms with Crippen LogP contribution in [-0.2, 0) is 0 Å². The number of hydrogen-bond acceptors (Lipinski definition) is 5. The van der Waals surface area contributed by atoms with Gasteiger partial charge in [-0.2, -0.15) is 5.26 Å². The van der Waals surface area contributed by atoms with Crippen molar-refractivity contribution < 1.29 is 14.3 Å². The summed E-state index contributed by atoms with van der Waals surface area (Å²) in [7, 11) is 1.62. The molecule has 4 rings (SSSR count). The van der Waals surface area contributed by atoms with Crippen molar-refractivity contribution in [2.24, 2.45) is 5.92 Å². The Bertz CT molecular complexity index is 860. The molecular formula is C18H16N4O3. The fraction of sp³-hybridized carbons (Fsp3) is 0.278. The van der Waals surface area contributed by atoms with E-state index < -0.39 is 0 Å². The van der Waals surface area contributed by atoms with E-state index >= 15 is 0 Å². The average Bonchev–Trinajstić information content (AvgIpc) is 3.34. The van der Waals surface area contributed by atoms with Gasteiger partial charge in [0.25, 0.3) is 0 Å². The average molecular weight is 336 g/mol. The minimum Gasteiger partial charge on any atom is -0.497 e. The zero-order valence-corrected chi connectivity index (χ0v) is 13.5. The molecule has 2 amide bonds. The van der Waals surface area contributed by atoms with E-state index in [4.69, 9.17) is 14.7 Å². The van der Waals surface area contributed by atoms with E-state index in [1.165, 1.54) is 6.20 Å². The lowest BCUT2D eigenvalue weighted by Crippen LogP contribution is -2.32. The molecule has 7 nitrogen and oxygen atoms in total. The number of nitrogens with one attached hydrogen (secondary N) is 2. The Kier molecular flexibility index (Phi) is 3.65. The van der Waals surface area contributed by atoms with Crippen molar-refractivity contribution >= 4 is 11.8 Å². The van der Waals surface area contributed by atoms with E-state index in [2.05, 4.69) is 15.6 Å². The number of carbonyl (C=O) groups is 1. The van der Waals surface area contributed by atoms with Crippen molar-refractivity contribution in [2.75, 3.05) is 19.0 Å². The van der Waals surface area contributed by atoms with Gasteiger partial charge in [0.1, 0.15) is 23.4 Å². The Balaban J connectivity index is 1.40. The van der Waals surface area contributed by atoms with Crippen molar-refractivity contribution in [3.8, 4) is 17.6 Å². The first-order chi connectivity index (χ1) is 12.2. The first kappa shape index (κ1) is 15.3. The van der Waals surface area contributed by atoms with Crippen molar-refractivity contribution in [2.45, 2.75) is 12.0 Å². The number of carbonyl (C=O) groups excluding carboxylic acids is 1. The maximum absolute atomic E-state index is 12.2. The number of urea groups is 1. The summed E-state index contributed by atoms with van der Waals surface area (Å²) in [6.45, 7) is 0.574. The number of nitriles is 1. The molecule has 3 unspecified atom stereocenters. The lowest BCUT2D eigenvalue weighted by molar-refractivity contribution is 0.249. The number of benzene rings is 1. The minimum atomic E-state index is -0.313. The second kappa shape index (κ2) is 5.98. The normalized spacial score (nSPS) is 22.5. The maximum Gasteiger partial charge on any atom is 0.320 e. The van der Waals surface area contributed by atoms with E-state index in [0.29, 0.717) is 18.0 Å². The van der Waals surface area contributed by atoms with Crippen LogP contribution >= 0.6 is 0 Å². The van der Waals surface area contributed by atoms with Gasteiger partial charge in [-0.05, 0) is 18.2 Å². The summed E-state index contributed by atoms with van der Waals surface area (Å²) in [5.41, 5.74) is 1.54. The molecule has 1 saturated carbocycles. The molecule has 0 radical (unpaired) electrons. The lowest BCUT2D eigenvalue weighted by Gasteiger charge is -2.16. The third kappa shape index (κ3) is 2.83. The molecule has 1 aliphatic heterocycles. The third-order valence-electron chi connectivity index (χ3n) is 4.61. The van der Waals surface area contributed by atoms with Crippen molar-refractivity contribution in [3.05, 3.63) is 47.7 Å². The Morgan fingerprint density at radius 2 is 2.28 bits per heavy atom.